The summed E-state index contributed by atoms with van der Waals surface area (Å²) in [6, 6.07) is 4.13. The van der Waals surface area contributed by atoms with Crippen LogP contribution in [0.15, 0.2) is 18.2 Å². The first-order valence-corrected chi connectivity index (χ1v) is 6.26. The number of Topliss-reactive ketones (excluding diaryl/α,β-unsaturated/α-hetero) is 3. The average Bonchev–Trinajstić information content (AvgIpc) is 2.38. The predicted octanol–water partition coefficient (Wildman–Crippen LogP) is 2.02. The van der Waals surface area contributed by atoms with Gasteiger partial charge < -0.3 is 0 Å². The van der Waals surface area contributed by atoms with E-state index in [4.69, 9.17) is 0 Å². The van der Waals surface area contributed by atoms with Gasteiger partial charge in [-0.25, -0.2) is 0 Å². The summed E-state index contributed by atoms with van der Waals surface area (Å²) in [4.78, 5) is 46.2. The molecular formula is C14H13NO5. The maximum absolute atomic E-state index is 12.3. The van der Waals surface area contributed by atoms with Crippen LogP contribution in [0.4, 0.5) is 5.69 Å². The highest BCUT2D eigenvalue weighted by atomic mass is 16.6. The van der Waals surface area contributed by atoms with Crippen LogP contribution in [0.25, 0.3) is 0 Å². The van der Waals surface area contributed by atoms with E-state index in [-0.39, 0.29) is 24.1 Å². The number of nitro groups is 1. The minimum Gasteiger partial charge on any atom is -0.298 e. The first kappa shape index (κ1) is 14.0. The van der Waals surface area contributed by atoms with Gasteiger partial charge in [0.15, 0.2) is 17.3 Å². The summed E-state index contributed by atoms with van der Waals surface area (Å²) in [5, 5.41) is 11.0. The van der Waals surface area contributed by atoms with Gasteiger partial charge in [-0.3, -0.25) is 24.5 Å². The van der Waals surface area contributed by atoms with E-state index in [1.807, 2.05) is 0 Å². The Balaban J connectivity index is 2.45. The molecule has 6 nitrogen and oxygen atoms in total. The minimum atomic E-state index is -1.37. The lowest BCUT2D eigenvalue weighted by Gasteiger charge is -2.18. The average molecular weight is 275 g/mol. The quantitative estimate of drug-likeness (QED) is 0.364. The zero-order valence-corrected chi connectivity index (χ0v) is 10.9. The Bertz CT molecular complexity index is 604. The van der Waals surface area contributed by atoms with Crippen molar-refractivity contribution in [2.75, 3.05) is 0 Å². The Morgan fingerprint density at radius 3 is 2.40 bits per heavy atom. The maximum atomic E-state index is 12.3. The highest BCUT2D eigenvalue weighted by molar-refractivity contribution is 6.25. The third-order valence-electron chi connectivity index (χ3n) is 3.37. The Labute approximate surface area is 114 Å². The molecule has 0 N–H and O–H groups in total. The van der Waals surface area contributed by atoms with Crippen LogP contribution in [0.2, 0.25) is 0 Å². The molecule has 0 heterocycles. The van der Waals surface area contributed by atoms with Crippen LogP contribution in [-0.4, -0.2) is 22.3 Å². The van der Waals surface area contributed by atoms with Crippen LogP contribution >= 0.6 is 0 Å². The number of hydrogen-bond donors (Lipinski definition) is 0. The van der Waals surface area contributed by atoms with Crippen LogP contribution in [0.5, 0.6) is 0 Å². The van der Waals surface area contributed by atoms with Crippen molar-refractivity contribution >= 4 is 23.0 Å². The van der Waals surface area contributed by atoms with Gasteiger partial charge in [-0.2, -0.15) is 0 Å². The fraction of sp³-hybridized carbons (Fsp3) is 0.357. The number of benzene rings is 1. The van der Waals surface area contributed by atoms with Crippen LogP contribution in [0, 0.1) is 23.0 Å². The molecule has 20 heavy (non-hydrogen) atoms. The molecular weight excluding hydrogens is 262 g/mol. The smallest absolute Gasteiger partial charge is 0.280 e. The lowest BCUT2D eigenvalue weighted by atomic mass is 9.81. The zero-order valence-electron chi connectivity index (χ0n) is 10.9. The molecule has 0 amide bonds. The number of aryl methyl sites for hydroxylation is 1. The monoisotopic (exact) mass is 275 g/mol. The van der Waals surface area contributed by atoms with Crippen molar-refractivity contribution in [3.63, 3.8) is 0 Å². The fourth-order valence-electron chi connectivity index (χ4n) is 2.35. The van der Waals surface area contributed by atoms with Crippen molar-refractivity contribution in [1.29, 1.82) is 0 Å². The van der Waals surface area contributed by atoms with Crippen molar-refractivity contribution in [2.45, 2.75) is 26.2 Å². The summed E-state index contributed by atoms with van der Waals surface area (Å²) in [5.41, 5.74) is 0.102. The van der Waals surface area contributed by atoms with Gasteiger partial charge in [0.2, 0.25) is 0 Å². The topological polar surface area (TPSA) is 94.3 Å². The molecule has 1 aliphatic carbocycles. The Kier molecular flexibility index (Phi) is 3.74. The molecule has 0 saturated heterocycles. The third-order valence-corrected chi connectivity index (χ3v) is 3.37. The summed E-state index contributed by atoms with van der Waals surface area (Å²) in [5.74, 6) is -3.01. The van der Waals surface area contributed by atoms with Crippen molar-refractivity contribution in [3.8, 4) is 0 Å². The third kappa shape index (κ3) is 2.49. The van der Waals surface area contributed by atoms with E-state index >= 15 is 0 Å². The van der Waals surface area contributed by atoms with Gasteiger partial charge in [0.1, 0.15) is 5.92 Å². The molecule has 104 valence electrons. The first-order valence-electron chi connectivity index (χ1n) is 6.26. The second-order valence-corrected chi connectivity index (χ2v) is 4.86. The van der Waals surface area contributed by atoms with Crippen LogP contribution < -0.4 is 0 Å². The minimum absolute atomic E-state index is 0.168. The summed E-state index contributed by atoms with van der Waals surface area (Å²) in [6.07, 6.45) is 0.779. The number of rotatable bonds is 3. The van der Waals surface area contributed by atoms with Gasteiger partial charge >= 0.3 is 0 Å². The number of hydrogen-bond acceptors (Lipinski definition) is 5. The lowest BCUT2D eigenvalue weighted by molar-refractivity contribution is -0.385. The zero-order chi connectivity index (χ0) is 14.9. The predicted molar refractivity (Wildman–Crippen MR) is 69.5 cm³/mol. The molecule has 0 atom stereocenters. The number of ketones is 3. The van der Waals surface area contributed by atoms with Crippen LogP contribution in [-0.2, 0) is 9.59 Å². The number of carbonyl (C=O) groups is 3. The first-order chi connectivity index (χ1) is 9.41. The number of carbonyl (C=O) groups excluding carboxylic acids is 3. The van der Waals surface area contributed by atoms with E-state index in [0.29, 0.717) is 12.0 Å². The Hall–Kier alpha value is -2.37. The SMILES string of the molecule is Cc1ccc(C(=O)C2C(=O)CCCC2=O)c([N+](=O)[O-])c1. The van der Waals surface area contributed by atoms with Gasteiger partial charge in [0, 0.05) is 18.9 Å². The van der Waals surface area contributed by atoms with E-state index < -0.39 is 28.2 Å². The van der Waals surface area contributed by atoms with E-state index in [2.05, 4.69) is 0 Å². The molecule has 1 saturated carbocycles. The molecule has 1 aliphatic rings. The molecule has 0 aliphatic heterocycles. The van der Waals surface area contributed by atoms with E-state index in [1.54, 1.807) is 13.0 Å². The highest BCUT2D eigenvalue weighted by Crippen LogP contribution is 2.27. The van der Waals surface area contributed by atoms with E-state index in [9.17, 15) is 24.5 Å². The number of nitro benzene ring substituents is 1. The van der Waals surface area contributed by atoms with Gasteiger partial charge in [0.25, 0.3) is 5.69 Å². The van der Waals surface area contributed by atoms with Crippen molar-refractivity contribution in [1.82, 2.24) is 0 Å². The normalized spacial score (nSPS) is 16.2. The summed E-state index contributed by atoms with van der Waals surface area (Å²) in [6.45, 7) is 1.66. The maximum Gasteiger partial charge on any atom is 0.280 e. The molecule has 0 aromatic heterocycles. The molecule has 0 spiro atoms. The largest absolute Gasteiger partial charge is 0.298 e. The second kappa shape index (κ2) is 5.32. The molecule has 2 rings (SSSR count). The van der Waals surface area contributed by atoms with Crippen LogP contribution in [0.3, 0.4) is 0 Å². The van der Waals surface area contributed by atoms with Gasteiger partial charge in [0.05, 0.1) is 10.5 Å². The second-order valence-electron chi connectivity index (χ2n) is 4.86. The van der Waals surface area contributed by atoms with Crippen molar-refractivity contribution < 1.29 is 19.3 Å². The number of nitrogens with zero attached hydrogens (tertiary/aromatic N) is 1. The van der Waals surface area contributed by atoms with E-state index in [0.717, 1.165) is 0 Å². The van der Waals surface area contributed by atoms with Crippen molar-refractivity contribution in [2.24, 2.45) is 5.92 Å². The molecule has 0 unspecified atom stereocenters. The molecule has 1 aromatic carbocycles. The van der Waals surface area contributed by atoms with Gasteiger partial charge in [-0.15, -0.1) is 0 Å². The summed E-state index contributed by atoms with van der Waals surface area (Å²) in [7, 11) is 0. The Morgan fingerprint density at radius 1 is 1.25 bits per heavy atom. The molecule has 6 heteroatoms. The van der Waals surface area contributed by atoms with Crippen LogP contribution in [0.1, 0.15) is 35.2 Å². The lowest BCUT2D eigenvalue weighted by Crippen LogP contribution is -2.35. The standard InChI is InChI=1S/C14H13NO5/c1-8-5-6-9(10(7-8)15(19)20)14(18)13-11(16)3-2-4-12(13)17/h5-7,13H,2-4H2,1H3. The molecule has 0 bridgehead atoms. The fourth-order valence-corrected chi connectivity index (χ4v) is 2.35. The summed E-state index contributed by atoms with van der Waals surface area (Å²) < 4.78 is 0. The molecule has 0 radical (unpaired) electrons. The van der Waals surface area contributed by atoms with Crippen molar-refractivity contribution in [3.05, 3.63) is 39.4 Å². The highest BCUT2D eigenvalue weighted by Gasteiger charge is 2.38. The van der Waals surface area contributed by atoms with E-state index in [1.165, 1.54) is 12.1 Å². The summed E-state index contributed by atoms with van der Waals surface area (Å²) >= 11 is 0. The van der Waals surface area contributed by atoms with Gasteiger partial charge in [-0.1, -0.05) is 6.07 Å². The van der Waals surface area contributed by atoms with Gasteiger partial charge in [-0.05, 0) is 25.0 Å². The Morgan fingerprint density at radius 2 is 1.85 bits per heavy atom. The molecule has 1 aromatic rings. The molecule has 1 fully saturated rings.